The van der Waals surface area contributed by atoms with Crippen molar-refractivity contribution in [2.75, 3.05) is 27.4 Å². The Balaban J connectivity index is 1.67. The average Bonchev–Trinajstić information content (AvgIpc) is 2.84. The second-order valence-corrected chi connectivity index (χ2v) is 7.52. The molecule has 2 aromatic carbocycles. The van der Waals surface area contributed by atoms with Gasteiger partial charge in [-0.25, -0.2) is 9.59 Å². The summed E-state index contributed by atoms with van der Waals surface area (Å²) in [4.78, 5) is 23.4. The predicted molar refractivity (Wildman–Crippen MR) is 130 cm³/mol. The topological polar surface area (TPSA) is 80.3 Å². The Morgan fingerprint density at radius 3 is 2.15 bits per heavy atom. The molecular weight excluding hydrogens is 436 g/mol. The molecule has 182 valence electrons. The molecule has 0 aliphatic carbocycles. The highest BCUT2D eigenvalue weighted by molar-refractivity contribution is 5.89. The van der Waals surface area contributed by atoms with Gasteiger partial charge < -0.3 is 23.7 Å². The molecular formula is C27H32O7. The van der Waals surface area contributed by atoms with Crippen LogP contribution in [0.25, 0.3) is 6.08 Å². The molecule has 0 fully saturated rings. The zero-order valence-corrected chi connectivity index (χ0v) is 20.0. The highest BCUT2D eigenvalue weighted by Crippen LogP contribution is 2.28. The van der Waals surface area contributed by atoms with Gasteiger partial charge in [-0.2, -0.15) is 0 Å². The van der Waals surface area contributed by atoms with E-state index < -0.39 is 5.97 Å². The van der Waals surface area contributed by atoms with Gasteiger partial charge in [0.25, 0.3) is 0 Å². The maximum Gasteiger partial charge on any atom is 0.336 e. The van der Waals surface area contributed by atoms with Crippen LogP contribution in [0.3, 0.4) is 0 Å². The Labute approximate surface area is 200 Å². The molecule has 0 aliphatic heterocycles. The summed E-state index contributed by atoms with van der Waals surface area (Å²) in [6.45, 7) is 6.18. The summed E-state index contributed by atoms with van der Waals surface area (Å²) in [6, 6.07) is 12.3. The summed E-state index contributed by atoms with van der Waals surface area (Å²) in [7, 11) is 3.12. The van der Waals surface area contributed by atoms with Gasteiger partial charge in [-0.1, -0.05) is 12.6 Å². The van der Waals surface area contributed by atoms with Crippen LogP contribution in [0.15, 0.2) is 60.7 Å². The molecule has 0 atom stereocenters. The predicted octanol–water partition coefficient (Wildman–Crippen LogP) is 5.38. The summed E-state index contributed by atoms with van der Waals surface area (Å²) in [5.74, 6) is 1.50. The quantitative estimate of drug-likeness (QED) is 0.159. The Bertz CT molecular complexity index is 977. The molecule has 0 bridgehead atoms. The number of unbranched alkanes of at least 4 members (excludes halogenated alkanes) is 3. The lowest BCUT2D eigenvalue weighted by atomic mass is 10.2. The molecule has 0 saturated heterocycles. The van der Waals surface area contributed by atoms with Crippen LogP contribution in [0.4, 0.5) is 0 Å². The van der Waals surface area contributed by atoms with Crippen molar-refractivity contribution in [3.05, 3.63) is 66.3 Å². The summed E-state index contributed by atoms with van der Waals surface area (Å²) < 4.78 is 26.6. The molecule has 7 heteroatoms. The number of benzene rings is 2. The first-order valence-corrected chi connectivity index (χ1v) is 11.1. The van der Waals surface area contributed by atoms with Gasteiger partial charge in [0, 0.05) is 11.6 Å². The number of carbonyl (C=O) groups excluding carboxylic acids is 2. The second kappa shape index (κ2) is 14.4. The number of ether oxygens (including phenoxy) is 5. The van der Waals surface area contributed by atoms with Gasteiger partial charge in [0.15, 0.2) is 11.5 Å². The van der Waals surface area contributed by atoms with Crippen LogP contribution in [-0.2, 0) is 14.3 Å². The minimum absolute atomic E-state index is 0.341. The smallest absolute Gasteiger partial charge is 0.336 e. The van der Waals surface area contributed by atoms with Crippen molar-refractivity contribution in [1.82, 2.24) is 0 Å². The largest absolute Gasteiger partial charge is 0.494 e. The third-order valence-electron chi connectivity index (χ3n) is 4.75. The zero-order valence-electron chi connectivity index (χ0n) is 20.0. The Hall–Kier alpha value is -3.74. The van der Waals surface area contributed by atoms with Crippen molar-refractivity contribution >= 4 is 18.0 Å². The fourth-order valence-electron chi connectivity index (χ4n) is 2.91. The summed E-state index contributed by atoms with van der Waals surface area (Å²) in [6.07, 6.45) is 6.65. The molecule has 0 amide bonds. The van der Waals surface area contributed by atoms with Crippen LogP contribution in [0.5, 0.6) is 23.0 Å². The third-order valence-corrected chi connectivity index (χ3v) is 4.75. The number of esters is 2. The molecule has 0 aliphatic rings. The van der Waals surface area contributed by atoms with E-state index in [1.54, 1.807) is 63.6 Å². The molecule has 2 aromatic rings. The highest BCUT2D eigenvalue weighted by Gasteiger charge is 2.05. The first-order valence-electron chi connectivity index (χ1n) is 11.1. The van der Waals surface area contributed by atoms with E-state index in [9.17, 15) is 9.59 Å². The van der Waals surface area contributed by atoms with Crippen LogP contribution in [0.2, 0.25) is 0 Å². The van der Waals surface area contributed by atoms with Crippen molar-refractivity contribution in [2.24, 2.45) is 0 Å². The van der Waals surface area contributed by atoms with Crippen LogP contribution in [0, 0.1) is 0 Å². The molecule has 0 aromatic heterocycles. The first kappa shape index (κ1) is 26.5. The van der Waals surface area contributed by atoms with Crippen LogP contribution in [-0.4, -0.2) is 39.4 Å². The van der Waals surface area contributed by atoms with Crippen LogP contribution >= 0.6 is 0 Å². The van der Waals surface area contributed by atoms with Crippen LogP contribution < -0.4 is 18.9 Å². The normalized spacial score (nSPS) is 10.6. The summed E-state index contributed by atoms with van der Waals surface area (Å²) >= 11 is 0. The molecule has 0 spiro atoms. The molecule has 0 heterocycles. The summed E-state index contributed by atoms with van der Waals surface area (Å²) in [5, 5.41) is 0. The zero-order chi connectivity index (χ0) is 24.8. The minimum Gasteiger partial charge on any atom is -0.494 e. The van der Waals surface area contributed by atoms with E-state index in [-0.39, 0.29) is 5.97 Å². The van der Waals surface area contributed by atoms with E-state index in [0.29, 0.717) is 41.8 Å². The number of methoxy groups -OCH3 is 2. The second-order valence-electron chi connectivity index (χ2n) is 7.52. The first-order chi connectivity index (χ1) is 16.4. The van der Waals surface area contributed by atoms with Gasteiger partial charge in [0.2, 0.25) is 0 Å². The minimum atomic E-state index is -0.489. The fraction of sp³-hybridized carbons (Fsp3) is 0.333. The van der Waals surface area contributed by atoms with Gasteiger partial charge >= 0.3 is 11.9 Å². The van der Waals surface area contributed by atoms with E-state index in [2.05, 4.69) is 6.58 Å². The SMILES string of the molecule is C=C(C)C(=O)OCCCCCCOc1ccc(OC(=O)/C=C/c2ccc(OC)c(OC)c2)cc1. The lowest BCUT2D eigenvalue weighted by Gasteiger charge is -2.08. The molecule has 34 heavy (non-hydrogen) atoms. The number of rotatable bonds is 14. The molecule has 0 saturated carbocycles. The molecule has 0 N–H and O–H groups in total. The van der Waals surface area contributed by atoms with E-state index in [0.717, 1.165) is 31.2 Å². The van der Waals surface area contributed by atoms with Crippen molar-refractivity contribution < 1.29 is 33.3 Å². The van der Waals surface area contributed by atoms with Gasteiger partial charge in [-0.15, -0.1) is 0 Å². The third kappa shape index (κ3) is 9.40. The molecule has 0 radical (unpaired) electrons. The Kier molecular flexibility index (Phi) is 11.2. The van der Waals surface area contributed by atoms with Crippen molar-refractivity contribution in [2.45, 2.75) is 32.6 Å². The van der Waals surface area contributed by atoms with E-state index in [4.69, 9.17) is 23.7 Å². The van der Waals surface area contributed by atoms with Gasteiger partial charge in [-0.05, 0) is 80.6 Å². The number of carbonyl (C=O) groups is 2. The van der Waals surface area contributed by atoms with Crippen molar-refractivity contribution in [3.63, 3.8) is 0 Å². The number of hydrogen-bond acceptors (Lipinski definition) is 7. The molecule has 2 rings (SSSR count). The van der Waals surface area contributed by atoms with E-state index in [1.165, 1.54) is 6.08 Å². The fourth-order valence-corrected chi connectivity index (χ4v) is 2.91. The Morgan fingerprint density at radius 2 is 1.50 bits per heavy atom. The van der Waals surface area contributed by atoms with E-state index >= 15 is 0 Å². The van der Waals surface area contributed by atoms with E-state index in [1.807, 2.05) is 6.07 Å². The van der Waals surface area contributed by atoms with Crippen molar-refractivity contribution in [3.8, 4) is 23.0 Å². The summed E-state index contributed by atoms with van der Waals surface area (Å²) in [5.41, 5.74) is 1.20. The standard InChI is InChI=1S/C27H32O7/c1-20(2)27(29)33-18-8-6-5-7-17-32-22-11-13-23(14-12-22)34-26(28)16-10-21-9-15-24(30-3)25(19-21)31-4/h9-16,19H,1,5-8,17-18H2,2-4H3/b16-10+. The molecule has 7 nitrogen and oxygen atoms in total. The number of hydrogen-bond donors (Lipinski definition) is 0. The van der Waals surface area contributed by atoms with Crippen molar-refractivity contribution in [1.29, 1.82) is 0 Å². The maximum absolute atomic E-state index is 12.1. The van der Waals surface area contributed by atoms with Gasteiger partial charge in [0.1, 0.15) is 11.5 Å². The lowest BCUT2D eigenvalue weighted by Crippen LogP contribution is -2.06. The van der Waals surface area contributed by atoms with Gasteiger partial charge in [0.05, 0.1) is 27.4 Å². The lowest BCUT2D eigenvalue weighted by molar-refractivity contribution is -0.139. The average molecular weight is 469 g/mol. The maximum atomic E-state index is 12.1. The highest BCUT2D eigenvalue weighted by atomic mass is 16.5. The molecule has 0 unspecified atom stereocenters. The Morgan fingerprint density at radius 1 is 0.853 bits per heavy atom. The monoisotopic (exact) mass is 468 g/mol. The van der Waals surface area contributed by atoms with Crippen LogP contribution in [0.1, 0.15) is 38.2 Å². The van der Waals surface area contributed by atoms with Gasteiger partial charge in [-0.3, -0.25) is 0 Å².